The average molecular weight is 271 g/mol. The summed E-state index contributed by atoms with van der Waals surface area (Å²) in [7, 11) is 3.19. The number of aromatic nitrogens is 3. The van der Waals surface area contributed by atoms with Crippen molar-refractivity contribution in [3.63, 3.8) is 0 Å². The Morgan fingerprint density at radius 2 is 2.00 bits per heavy atom. The van der Waals surface area contributed by atoms with Gasteiger partial charge in [0.15, 0.2) is 5.69 Å². The maximum absolute atomic E-state index is 12.2. The number of ether oxygens (including phenoxy) is 2. The Bertz CT molecular complexity index is 374. The lowest BCUT2D eigenvalue weighted by Gasteiger charge is -2.20. The van der Waals surface area contributed by atoms with Crippen LogP contribution in [0.25, 0.3) is 0 Å². The van der Waals surface area contributed by atoms with Crippen molar-refractivity contribution >= 4 is 5.91 Å². The zero-order valence-corrected chi connectivity index (χ0v) is 11.4. The first-order valence-electron chi connectivity index (χ1n) is 6.10. The minimum absolute atomic E-state index is 0.183. The smallest absolute Gasteiger partial charge is 0.276 e. The van der Waals surface area contributed by atoms with E-state index in [1.54, 1.807) is 30.0 Å². The van der Waals surface area contributed by atoms with E-state index in [0.29, 0.717) is 45.1 Å². The number of nitrogens with zero attached hydrogens (tertiary/aromatic N) is 4. The van der Waals surface area contributed by atoms with Gasteiger partial charge in [-0.15, -0.1) is 5.10 Å². The van der Waals surface area contributed by atoms with E-state index in [1.165, 1.54) is 0 Å². The Morgan fingerprint density at radius 3 is 2.53 bits per heavy atom. The number of carbonyl (C=O) groups excluding carboxylic acids is 1. The lowest BCUT2D eigenvalue weighted by Crippen LogP contribution is -2.36. The van der Waals surface area contributed by atoms with E-state index in [-0.39, 0.29) is 5.91 Å². The van der Waals surface area contributed by atoms with Crippen LogP contribution in [0.3, 0.4) is 0 Å². The van der Waals surface area contributed by atoms with Crippen molar-refractivity contribution in [1.82, 2.24) is 19.9 Å². The molecule has 0 saturated heterocycles. The fourth-order valence-electron chi connectivity index (χ4n) is 1.52. The highest BCUT2D eigenvalue weighted by atomic mass is 16.5. The number of amides is 1. The van der Waals surface area contributed by atoms with Gasteiger partial charge in [0.1, 0.15) is 0 Å². The molecule has 0 aliphatic heterocycles. The molecule has 1 heterocycles. The molecule has 1 rings (SSSR count). The first kappa shape index (κ1) is 15.5. The average Bonchev–Trinajstić information content (AvgIpc) is 2.87. The van der Waals surface area contributed by atoms with Gasteiger partial charge in [0, 0.05) is 33.9 Å². The summed E-state index contributed by atoms with van der Waals surface area (Å²) < 4.78 is 11.5. The number of nitrogens with two attached hydrogens (primary N) is 1. The fourth-order valence-corrected chi connectivity index (χ4v) is 1.52. The second-order valence-electron chi connectivity index (χ2n) is 3.93. The predicted molar refractivity (Wildman–Crippen MR) is 68.7 cm³/mol. The predicted octanol–water partition coefficient (Wildman–Crippen LogP) is -1.03. The molecule has 0 aliphatic rings. The van der Waals surface area contributed by atoms with Crippen molar-refractivity contribution in [3.8, 4) is 0 Å². The lowest BCUT2D eigenvalue weighted by molar-refractivity contribution is 0.0621. The lowest BCUT2D eigenvalue weighted by atomic mass is 10.3. The van der Waals surface area contributed by atoms with E-state index in [2.05, 4.69) is 10.3 Å². The van der Waals surface area contributed by atoms with Crippen LogP contribution < -0.4 is 5.73 Å². The number of methoxy groups -OCH3 is 2. The third-order valence-electron chi connectivity index (χ3n) is 2.53. The number of carbonyl (C=O) groups is 1. The summed E-state index contributed by atoms with van der Waals surface area (Å²) >= 11 is 0. The SMILES string of the molecule is COCCN(CCOC)C(=O)c1cn(CCN)nn1. The van der Waals surface area contributed by atoms with Crippen LogP contribution in [-0.4, -0.2) is 72.9 Å². The van der Waals surface area contributed by atoms with Crippen molar-refractivity contribution < 1.29 is 14.3 Å². The van der Waals surface area contributed by atoms with E-state index in [0.717, 1.165) is 0 Å². The van der Waals surface area contributed by atoms with E-state index in [4.69, 9.17) is 15.2 Å². The van der Waals surface area contributed by atoms with Crippen molar-refractivity contribution in [1.29, 1.82) is 0 Å². The quantitative estimate of drug-likeness (QED) is 0.617. The summed E-state index contributed by atoms with van der Waals surface area (Å²) in [5.41, 5.74) is 5.73. The van der Waals surface area contributed by atoms with Crippen LogP contribution in [0.1, 0.15) is 10.5 Å². The van der Waals surface area contributed by atoms with Crippen molar-refractivity contribution in [3.05, 3.63) is 11.9 Å². The molecule has 0 aromatic carbocycles. The summed E-state index contributed by atoms with van der Waals surface area (Å²) in [5, 5.41) is 7.70. The standard InChI is InChI=1S/C11H21N5O3/c1-18-7-5-15(6-8-19-2)11(17)10-9-16(4-3-12)14-13-10/h9H,3-8,12H2,1-2H3. The molecule has 0 radical (unpaired) electrons. The van der Waals surface area contributed by atoms with Gasteiger partial charge in [-0.1, -0.05) is 5.21 Å². The van der Waals surface area contributed by atoms with E-state index < -0.39 is 0 Å². The van der Waals surface area contributed by atoms with Crippen LogP contribution in [0.15, 0.2) is 6.20 Å². The molecule has 8 nitrogen and oxygen atoms in total. The topological polar surface area (TPSA) is 95.5 Å². The molecule has 2 N–H and O–H groups in total. The third kappa shape index (κ3) is 4.93. The molecule has 19 heavy (non-hydrogen) atoms. The fraction of sp³-hybridized carbons (Fsp3) is 0.727. The molecular formula is C11H21N5O3. The molecular weight excluding hydrogens is 250 g/mol. The second kappa shape index (κ2) is 8.57. The summed E-state index contributed by atoms with van der Waals surface area (Å²) in [6.45, 7) is 2.90. The summed E-state index contributed by atoms with van der Waals surface area (Å²) in [4.78, 5) is 13.9. The molecule has 0 aliphatic carbocycles. The summed E-state index contributed by atoms with van der Waals surface area (Å²) in [6.07, 6.45) is 1.60. The minimum atomic E-state index is -0.183. The van der Waals surface area contributed by atoms with Crippen molar-refractivity contribution in [2.24, 2.45) is 5.73 Å². The molecule has 0 bridgehead atoms. The molecule has 8 heteroatoms. The highest BCUT2D eigenvalue weighted by Crippen LogP contribution is 2.01. The number of hydrogen-bond donors (Lipinski definition) is 1. The van der Waals surface area contributed by atoms with Crippen molar-refractivity contribution in [2.45, 2.75) is 6.54 Å². The van der Waals surface area contributed by atoms with Crippen LogP contribution in [0.4, 0.5) is 0 Å². The van der Waals surface area contributed by atoms with Crippen LogP contribution in [0.5, 0.6) is 0 Å². The van der Waals surface area contributed by atoms with Gasteiger partial charge in [-0.3, -0.25) is 9.48 Å². The molecule has 1 aromatic rings. The Kier molecular flexibility index (Phi) is 7.01. The maximum atomic E-state index is 12.2. The summed E-state index contributed by atoms with van der Waals surface area (Å²) in [6, 6.07) is 0. The second-order valence-corrected chi connectivity index (χ2v) is 3.93. The molecule has 0 fully saturated rings. The number of hydrogen-bond acceptors (Lipinski definition) is 6. The Labute approximate surface area is 112 Å². The van der Waals surface area contributed by atoms with Crippen LogP contribution in [0, 0.1) is 0 Å². The van der Waals surface area contributed by atoms with Gasteiger partial charge >= 0.3 is 0 Å². The van der Waals surface area contributed by atoms with Crippen LogP contribution in [-0.2, 0) is 16.0 Å². The molecule has 1 amide bonds. The third-order valence-corrected chi connectivity index (χ3v) is 2.53. The van der Waals surface area contributed by atoms with Gasteiger partial charge in [-0.25, -0.2) is 0 Å². The van der Waals surface area contributed by atoms with Gasteiger partial charge in [0.2, 0.25) is 0 Å². The molecule has 108 valence electrons. The first-order valence-corrected chi connectivity index (χ1v) is 6.10. The van der Waals surface area contributed by atoms with Gasteiger partial charge in [-0.05, 0) is 0 Å². The largest absolute Gasteiger partial charge is 0.383 e. The minimum Gasteiger partial charge on any atom is -0.383 e. The van der Waals surface area contributed by atoms with Gasteiger partial charge in [-0.2, -0.15) is 0 Å². The van der Waals surface area contributed by atoms with E-state index in [9.17, 15) is 4.79 Å². The Balaban J connectivity index is 2.66. The monoisotopic (exact) mass is 271 g/mol. The zero-order chi connectivity index (χ0) is 14.1. The van der Waals surface area contributed by atoms with Crippen molar-refractivity contribution in [2.75, 3.05) is 47.1 Å². The molecule has 0 atom stereocenters. The highest BCUT2D eigenvalue weighted by molar-refractivity contribution is 5.91. The van der Waals surface area contributed by atoms with Gasteiger partial charge in [0.05, 0.1) is 26.0 Å². The Morgan fingerprint density at radius 1 is 1.37 bits per heavy atom. The maximum Gasteiger partial charge on any atom is 0.276 e. The first-order chi connectivity index (χ1) is 9.22. The summed E-state index contributed by atoms with van der Waals surface area (Å²) in [5.74, 6) is -0.183. The van der Waals surface area contributed by atoms with Crippen LogP contribution in [0.2, 0.25) is 0 Å². The zero-order valence-electron chi connectivity index (χ0n) is 11.4. The Hall–Kier alpha value is -1.51. The van der Waals surface area contributed by atoms with E-state index >= 15 is 0 Å². The normalized spacial score (nSPS) is 10.7. The van der Waals surface area contributed by atoms with Gasteiger partial charge < -0.3 is 20.1 Å². The molecule has 0 spiro atoms. The van der Waals surface area contributed by atoms with Crippen LogP contribution >= 0.6 is 0 Å². The van der Waals surface area contributed by atoms with Gasteiger partial charge in [0.25, 0.3) is 5.91 Å². The van der Waals surface area contributed by atoms with E-state index in [1.807, 2.05) is 0 Å². The molecule has 1 aromatic heterocycles. The molecule has 0 saturated carbocycles. The number of rotatable bonds is 9. The molecule has 0 unspecified atom stereocenters. The highest BCUT2D eigenvalue weighted by Gasteiger charge is 2.18.